The van der Waals surface area contributed by atoms with E-state index in [9.17, 15) is 14.7 Å². The summed E-state index contributed by atoms with van der Waals surface area (Å²) < 4.78 is 5.90. The van der Waals surface area contributed by atoms with Crippen LogP contribution in [-0.4, -0.2) is 27.0 Å². The molecule has 0 radical (unpaired) electrons. The van der Waals surface area contributed by atoms with Crippen molar-refractivity contribution in [3.05, 3.63) is 64.4 Å². The lowest BCUT2D eigenvalue weighted by atomic mass is 9.82. The van der Waals surface area contributed by atoms with Gasteiger partial charge in [-0.15, -0.1) is 0 Å². The van der Waals surface area contributed by atoms with Crippen LogP contribution in [0.4, 0.5) is 11.6 Å². The molecule has 1 atom stereocenters. The van der Waals surface area contributed by atoms with Gasteiger partial charge in [-0.05, 0) is 77.9 Å². The molecular weight excluding hydrogens is 504 g/mol. The Balaban J connectivity index is 2.62. The molecule has 0 aliphatic carbocycles. The fraction of sp³-hybridized carbons (Fsp3) is 0.500. The number of carbonyl (C=O) groups is 2. The highest BCUT2D eigenvalue weighted by molar-refractivity contribution is 6.08. The van der Waals surface area contributed by atoms with Crippen LogP contribution in [0.15, 0.2) is 53.0 Å². The van der Waals surface area contributed by atoms with Crippen molar-refractivity contribution < 1.29 is 19.4 Å². The largest absolute Gasteiger partial charge is 0.481 e. The number of anilines is 2. The van der Waals surface area contributed by atoms with Crippen LogP contribution >= 0.6 is 0 Å². The van der Waals surface area contributed by atoms with Gasteiger partial charge in [0.25, 0.3) is 0 Å². The highest BCUT2D eigenvalue weighted by Crippen LogP contribution is 2.45. The van der Waals surface area contributed by atoms with Gasteiger partial charge in [0.05, 0.1) is 17.2 Å². The number of nitrogens with zero attached hydrogens (tertiary/aromatic N) is 2. The van der Waals surface area contributed by atoms with Crippen molar-refractivity contribution in [1.82, 2.24) is 9.97 Å². The van der Waals surface area contributed by atoms with E-state index in [0.717, 1.165) is 28.7 Å². The summed E-state index contributed by atoms with van der Waals surface area (Å²) in [5.41, 5.74) is 9.70. The van der Waals surface area contributed by atoms with E-state index in [1.165, 1.54) is 11.8 Å². The van der Waals surface area contributed by atoms with E-state index in [2.05, 4.69) is 52.6 Å². The van der Waals surface area contributed by atoms with E-state index in [-0.39, 0.29) is 17.5 Å². The summed E-state index contributed by atoms with van der Waals surface area (Å²) in [7, 11) is 0. The first-order valence-electron chi connectivity index (χ1n) is 13.9. The third kappa shape index (κ3) is 6.37. The van der Waals surface area contributed by atoms with Gasteiger partial charge in [-0.3, -0.25) is 9.59 Å². The first kappa shape index (κ1) is 32.5. The van der Waals surface area contributed by atoms with Gasteiger partial charge in [-0.2, -0.15) is 0 Å². The molecule has 1 amide bonds. The van der Waals surface area contributed by atoms with Gasteiger partial charge in [0.15, 0.2) is 5.82 Å². The number of amides is 1. The lowest BCUT2D eigenvalue weighted by Gasteiger charge is -2.25. The average Bonchev–Trinajstić information content (AvgIpc) is 3.15. The van der Waals surface area contributed by atoms with E-state index in [1.54, 1.807) is 20.8 Å². The number of allylic oxidation sites excluding steroid dienone is 7. The minimum Gasteiger partial charge on any atom is -0.481 e. The zero-order chi connectivity index (χ0) is 30.6. The predicted molar refractivity (Wildman–Crippen MR) is 162 cm³/mol. The number of rotatable bonds is 12. The minimum absolute atomic E-state index is 0.150. The molecule has 0 saturated heterocycles. The monoisotopic (exact) mass is 550 g/mol. The highest BCUT2D eigenvalue weighted by Gasteiger charge is 2.50. The summed E-state index contributed by atoms with van der Waals surface area (Å²) >= 11 is 0. The summed E-state index contributed by atoms with van der Waals surface area (Å²) in [6.45, 7) is 23.5. The van der Waals surface area contributed by atoms with E-state index < -0.39 is 16.8 Å². The SMILES string of the molecule is C=C(O/C=C(\CC)CC(C)(C)C(=O)O)C1(C)C(=O)Nc2nc(C(=C(C)CC)C(/C=C\C)=C(/C)C(C)C)nc(N)c21. The molecule has 1 aromatic rings. The zero-order valence-corrected chi connectivity index (χ0v) is 25.8. The van der Waals surface area contributed by atoms with Gasteiger partial charge >= 0.3 is 5.97 Å². The van der Waals surface area contributed by atoms with Crippen LogP contribution in [0.5, 0.6) is 0 Å². The minimum atomic E-state index is -1.34. The van der Waals surface area contributed by atoms with Gasteiger partial charge in [-0.1, -0.05) is 57.6 Å². The van der Waals surface area contributed by atoms with Crippen molar-refractivity contribution >= 4 is 29.1 Å². The Morgan fingerprint density at radius 1 is 1.23 bits per heavy atom. The van der Waals surface area contributed by atoms with Crippen molar-refractivity contribution in [3.8, 4) is 0 Å². The number of carbonyl (C=O) groups excluding carboxylic acids is 1. The molecule has 0 spiro atoms. The van der Waals surface area contributed by atoms with Crippen LogP contribution < -0.4 is 11.1 Å². The van der Waals surface area contributed by atoms with Crippen LogP contribution in [0.1, 0.15) is 99.9 Å². The van der Waals surface area contributed by atoms with Crippen LogP contribution in [0.25, 0.3) is 5.57 Å². The normalized spacial score (nSPS) is 18.9. The lowest BCUT2D eigenvalue weighted by Crippen LogP contribution is -2.34. The topological polar surface area (TPSA) is 127 Å². The Morgan fingerprint density at radius 2 is 1.85 bits per heavy atom. The number of hydrogen-bond acceptors (Lipinski definition) is 6. The van der Waals surface area contributed by atoms with Crippen LogP contribution in [-0.2, 0) is 19.7 Å². The second-order valence-electron chi connectivity index (χ2n) is 11.5. The summed E-state index contributed by atoms with van der Waals surface area (Å²) in [6, 6.07) is 0. The molecule has 2 heterocycles. The highest BCUT2D eigenvalue weighted by atomic mass is 16.5. The number of ether oxygens (including phenoxy) is 1. The van der Waals surface area contributed by atoms with Crippen molar-refractivity contribution in [2.45, 2.75) is 93.9 Å². The molecule has 218 valence electrons. The van der Waals surface area contributed by atoms with Crippen molar-refractivity contribution in [2.75, 3.05) is 11.1 Å². The van der Waals surface area contributed by atoms with Crippen molar-refractivity contribution in [1.29, 1.82) is 0 Å². The zero-order valence-electron chi connectivity index (χ0n) is 25.8. The van der Waals surface area contributed by atoms with Crippen LogP contribution in [0.3, 0.4) is 0 Å². The number of fused-ring (bicyclic) bond motifs is 1. The molecule has 2 rings (SSSR count). The Hall–Kier alpha value is -3.68. The first-order valence-corrected chi connectivity index (χ1v) is 13.9. The Labute approximate surface area is 239 Å². The fourth-order valence-electron chi connectivity index (χ4n) is 4.56. The number of carboxylic acids is 1. The molecular formula is C32H46N4O4. The maximum Gasteiger partial charge on any atom is 0.309 e. The van der Waals surface area contributed by atoms with E-state index in [4.69, 9.17) is 20.4 Å². The Morgan fingerprint density at radius 3 is 2.35 bits per heavy atom. The Bertz CT molecular complexity index is 1310. The second-order valence-corrected chi connectivity index (χ2v) is 11.5. The lowest BCUT2D eigenvalue weighted by molar-refractivity contribution is -0.146. The van der Waals surface area contributed by atoms with E-state index >= 15 is 0 Å². The molecule has 8 heteroatoms. The molecule has 40 heavy (non-hydrogen) atoms. The van der Waals surface area contributed by atoms with Crippen molar-refractivity contribution in [3.63, 3.8) is 0 Å². The van der Waals surface area contributed by atoms with Crippen molar-refractivity contribution in [2.24, 2.45) is 11.3 Å². The van der Waals surface area contributed by atoms with Gasteiger partial charge in [0.2, 0.25) is 5.91 Å². The standard InChI is InChI=1S/C32H46N4O4/c1-12-15-23(20(7)18(4)5)24(19(6)13-2)27-34-26(33)25-28(35-27)36-29(37)32(25,11)21(8)40-17-22(14-3)16-31(9,10)30(38)39/h12,15,17-18H,8,13-14,16H2,1-7,9-11H3,(H,38,39)(H3,33,34,35,36,37)/b15-12-,22-17+,23-20-,24-19?. The van der Waals surface area contributed by atoms with Gasteiger partial charge in [0.1, 0.15) is 22.8 Å². The summed E-state index contributed by atoms with van der Waals surface area (Å²) in [5, 5.41) is 12.4. The average molecular weight is 551 g/mol. The molecule has 4 N–H and O–H groups in total. The first-order chi connectivity index (χ1) is 18.6. The van der Waals surface area contributed by atoms with E-state index in [0.29, 0.717) is 36.0 Å². The number of carboxylic acid groups (broad SMARTS) is 1. The molecule has 0 bridgehead atoms. The van der Waals surface area contributed by atoms with Crippen LogP contribution in [0.2, 0.25) is 0 Å². The number of nitrogen functional groups attached to an aromatic ring is 1. The molecule has 0 fully saturated rings. The second kappa shape index (κ2) is 12.7. The van der Waals surface area contributed by atoms with Crippen LogP contribution in [0, 0.1) is 11.3 Å². The smallest absolute Gasteiger partial charge is 0.309 e. The van der Waals surface area contributed by atoms with Gasteiger partial charge < -0.3 is 20.9 Å². The number of nitrogens with two attached hydrogens (primary N) is 1. The molecule has 1 aliphatic heterocycles. The molecule has 1 aliphatic rings. The molecule has 8 nitrogen and oxygen atoms in total. The number of aliphatic carboxylic acids is 1. The predicted octanol–water partition coefficient (Wildman–Crippen LogP) is 7.33. The summed E-state index contributed by atoms with van der Waals surface area (Å²) in [5.74, 6) is 0.132. The third-order valence-corrected chi connectivity index (χ3v) is 7.82. The number of aromatic nitrogens is 2. The van der Waals surface area contributed by atoms with Gasteiger partial charge in [-0.25, -0.2) is 9.97 Å². The fourth-order valence-corrected chi connectivity index (χ4v) is 4.56. The Kier molecular flexibility index (Phi) is 10.3. The molecule has 0 saturated carbocycles. The number of nitrogens with one attached hydrogen (secondary N) is 1. The quantitative estimate of drug-likeness (QED) is 0.184. The maximum absolute atomic E-state index is 13.4. The molecule has 1 aromatic heterocycles. The molecule has 0 aromatic carbocycles. The summed E-state index contributed by atoms with van der Waals surface area (Å²) in [4.78, 5) is 34.5. The maximum atomic E-state index is 13.4. The third-order valence-electron chi connectivity index (χ3n) is 7.82. The van der Waals surface area contributed by atoms with E-state index in [1.807, 2.05) is 19.9 Å². The van der Waals surface area contributed by atoms with Gasteiger partial charge in [0, 0.05) is 5.57 Å². The summed E-state index contributed by atoms with van der Waals surface area (Å²) in [6.07, 6.45) is 7.23. The number of hydrogen-bond donors (Lipinski definition) is 3. The molecule has 1 unspecified atom stereocenters.